The van der Waals surface area contributed by atoms with Gasteiger partial charge in [-0.15, -0.1) is 0 Å². The van der Waals surface area contributed by atoms with Crippen LogP contribution in [-0.4, -0.2) is 5.92 Å². The fourth-order valence-electron chi connectivity index (χ4n) is 2.80. The Balaban J connectivity index is 1.81. The van der Waals surface area contributed by atoms with Gasteiger partial charge in [-0.2, -0.15) is 0 Å². The average molecular weight is 240 g/mol. The van der Waals surface area contributed by atoms with E-state index >= 15 is 0 Å². The molecule has 0 heterocycles. The molecule has 0 aliphatic heterocycles. The van der Waals surface area contributed by atoms with Crippen molar-refractivity contribution in [1.82, 2.24) is 0 Å². The van der Waals surface area contributed by atoms with Crippen LogP contribution in [0.4, 0.5) is 8.78 Å². The average Bonchev–Trinajstić information content (AvgIpc) is 2.40. The largest absolute Gasteiger partial charge is 0.249 e. The fraction of sp³-hybridized carbons (Fsp3) is 0.733. The quantitative estimate of drug-likeness (QED) is 0.601. The van der Waals surface area contributed by atoms with Gasteiger partial charge in [-0.1, -0.05) is 30.7 Å². The molecule has 2 rings (SSSR count). The highest BCUT2D eigenvalue weighted by molar-refractivity contribution is 5.19. The molecule has 0 amide bonds. The lowest BCUT2D eigenvalue weighted by molar-refractivity contribution is -0.0996. The molecule has 0 aromatic carbocycles. The molecule has 2 aliphatic rings. The van der Waals surface area contributed by atoms with Crippen LogP contribution in [-0.2, 0) is 0 Å². The Morgan fingerprint density at radius 3 is 2.76 bits per heavy atom. The van der Waals surface area contributed by atoms with Crippen molar-refractivity contribution in [3.63, 3.8) is 0 Å². The van der Waals surface area contributed by atoms with Gasteiger partial charge in [0, 0.05) is 12.8 Å². The van der Waals surface area contributed by atoms with Gasteiger partial charge in [0.25, 0.3) is 0 Å². The summed E-state index contributed by atoms with van der Waals surface area (Å²) >= 11 is 0. The highest BCUT2D eigenvalue weighted by Gasteiger charge is 2.46. The Morgan fingerprint density at radius 1 is 1.41 bits per heavy atom. The molecule has 0 N–H and O–H groups in total. The van der Waals surface area contributed by atoms with Crippen molar-refractivity contribution < 1.29 is 8.78 Å². The van der Waals surface area contributed by atoms with Crippen LogP contribution in [0.15, 0.2) is 23.8 Å². The predicted octanol–water partition coefficient (Wildman–Crippen LogP) is 5.11. The van der Waals surface area contributed by atoms with Crippen LogP contribution in [0.3, 0.4) is 0 Å². The summed E-state index contributed by atoms with van der Waals surface area (Å²) in [6, 6.07) is 0. The zero-order valence-electron chi connectivity index (χ0n) is 10.6. The SMILES string of the molecule is C=C(CC1=CCCC(C)CC1)C1CC(F)(F)C1. The first-order valence-corrected chi connectivity index (χ1v) is 6.70. The van der Waals surface area contributed by atoms with Crippen molar-refractivity contribution in [3.05, 3.63) is 23.8 Å². The van der Waals surface area contributed by atoms with Crippen molar-refractivity contribution in [2.45, 2.75) is 57.8 Å². The first kappa shape index (κ1) is 12.8. The number of hydrogen-bond donors (Lipinski definition) is 0. The lowest BCUT2D eigenvalue weighted by atomic mass is 9.75. The van der Waals surface area contributed by atoms with Gasteiger partial charge in [-0.25, -0.2) is 8.78 Å². The Hall–Kier alpha value is -0.660. The molecule has 2 aliphatic carbocycles. The molecule has 0 nitrogen and oxygen atoms in total. The van der Waals surface area contributed by atoms with Crippen molar-refractivity contribution >= 4 is 0 Å². The minimum absolute atomic E-state index is 0.0233. The first-order valence-electron chi connectivity index (χ1n) is 6.70. The molecule has 1 saturated carbocycles. The molecule has 1 fully saturated rings. The topological polar surface area (TPSA) is 0 Å². The van der Waals surface area contributed by atoms with Gasteiger partial charge in [0.05, 0.1) is 0 Å². The molecule has 0 spiro atoms. The standard InChI is InChI=1S/C15H22F2/c1-11-4-3-5-13(7-6-11)8-12(2)14-9-15(16,17)10-14/h5,11,14H,2-4,6-10H2,1H3. The number of rotatable bonds is 3. The minimum atomic E-state index is -2.42. The smallest absolute Gasteiger partial charge is 0.207 e. The summed E-state index contributed by atoms with van der Waals surface area (Å²) in [5, 5.41) is 0. The second-order valence-corrected chi connectivity index (χ2v) is 5.88. The molecule has 1 atom stereocenters. The van der Waals surface area contributed by atoms with Crippen LogP contribution < -0.4 is 0 Å². The molecule has 2 heteroatoms. The maximum absolute atomic E-state index is 12.8. The fourth-order valence-corrected chi connectivity index (χ4v) is 2.80. The van der Waals surface area contributed by atoms with E-state index in [1.165, 1.54) is 18.4 Å². The van der Waals surface area contributed by atoms with E-state index in [0.717, 1.165) is 30.8 Å². The van der Waals surface area contributed by atoms with E-state index in [-0.39, 0.29) is 18.8 Å². The summed E-state index contributed by atoms with van der Waals surface area (Å²) in [7, 11) is 0. The van der Waals surface area contributed by atoms with E-state index < -0.39 is 5.92 Å². The second-order valence-electron chi connectivity index (χ2n) is 5.88. The van der Waals surface area contributed by atoms with Gasteiger partial charge in [0.2, 0.25) is 5.92 Å². The Labute approximate surface area is 103 Å². The maximum atomic E-state index is 12.8. The summed E-state index contributed by atoms with van der Waals surface area (Å²) < 4.78 is 25.6. The summed E-state index contributed by atoms with van der Waals surface area (Å²) in [6.07, 6.45) is 7.98. The third kappa shape index (κ3) is 3.40. The van der Waals surface area contributed by atoms with Crippen LogP contribution in [0.1, 0.15) is 51.9 Å². The van der Waals surface area contributed by atoms with Crippen molar-refractivity contribution in [3.8, 4) is 0 Å². The molecule has 17 heavy (non-hydrogen) atoms. The lowest BCUT2D eigenvalue weighted by Gasteiger charge is -2.36. The number of halogens is 2. The van der Waals surface area contributed by atoms with E-state index in [1.54, 1.807) is 0 Å². The van der Waals surface area contributed by atoms with E-state index in [2.05, 4.69) is 19.6 Å². The zero-order valence-corrected chi connectivity index (χ0v) is 10.6. The molecule has 0 radical (unpaired) electrons. The van der Waals surface area contributed by atoms with Gasteiger partial charge in [0.15, 0.2) is 0 Å². The van der Waals surface area contributed by atoms with Crippen molar-refractivity contribution in [2.75, 3.05) is 0 Å². The Kier molecular flexibility index (Phi) is 3.70. The van der Waals surface area contributed by atoms with E-state index in [0.29, 0.717) is 0 Å². The highest BCUT2D eigenvalue weighted by atomic mass is 19.3. The predicted molar refractivity (Wildman–Crippen MR) is 67.1 cm³/mol. The van der Waals surface area contributed by atoms with Crippen LogP contribution in [0.2, 0.25) is 0 Å². The lowest BCUT2D eigenvalue weighted by Crippen LogP contribution is -2.36. The van der Waals surface area contributed by atoms with E-state index in [1.807, 2.05) is 0 Å². The van der Waals surface area contributed by atoms with Crippen LogP contribution in [0.5, 0.6) is 0 Å². The molecule has 0 aromatic rings. The highest BCUT2D eigenvalue weighted by Crippen LogP contribution is 2.47. The summed E-state index contributed by atoms with van der Waals surface area (Å²) in [5.41, 5.74) is 2.45. The normalized spacial score (nSPS) is 29.1. The zero-order chi connectivity index (χ0) is 12.5. The monoisotopic (exact) mass is 240 g/mol. The van der Waals surface area contributed by atoms with Gasteiger partial charge >= 0.3 is 0 Å². The number of alkyl halides is 2. The molecule has 0 bridgehead atoms. The van der Waals surface area contributed by atoms with E-state index in [4.69, 9.17) is 0 Å². The molecule has 0 saturated heterocycles. The minimum Gasteiger partial charge on any atom is -0.207 e. The number of allylic oxidation sites excluding steroid dienone is 3. The molecular weight excluding hydrogens is 218 g/mol. The Bertz CT molecular complexity index is 320. The van der Waals surface area contributed by atoms with Gasteiger partial charge in [-0.05, 0) is 43.9 Å². The Morgan fingerprint density at radius 2 is 2.12 bits per heavy atom. The number of hydrogen-bond acceptors (Lipinski definition) is 0. The summed E-state index contributed by atoms with van der Waals surface area (Å²) in [5.74, 6) is -1.56. The van der Waals surface area contributed by atoms with Gasteiger partial charge < -0.3 is 0 Å². The third-order valence-corrected chi connectivity index (χ3v) is 4.17. The first-order chi connectivity index (χ1) is 7.96. The second kappa shape index (κ2) is 4.91. The van der Waals surface area contributed by atoms with Gasteiger partial charge in [-0.3, -0.25) is 0 Å². The molecule has 1 unspecified atom stereocenters. The maximum Gasteiger partial charge on any atom is 0.249 e. The molecule has 0 aromatic heterocycles. The summed E-state index contributed by atoms with van der Waals surface area (Å²) in [6.45, 7) is 6.30. The van der Waals surface area contributed by atoms with E-state index in [9.17, 15) is 8.78 Å². The van der Waals surface area contributed by atoms with Crippen molar-refractivity contribution in [2.24, 2.45) is 11.8 Å². The third-order valence-electron chi connectivity index (χ3n) is 4.17. The van der Waals surface area contributed by atoms with Crippen molar-refractivity contribution in [1.29, 1.82) is 0 Å². The molecule has 96 valence electrons. The van der Waals surface area contributed by atoms with Crippen LogP contribution in [0, 0.1) is 11.8 Å². The molecular formula is C15H22F2. The van der Waals surface area contributed by atoms with Crippen LogP contribution in [0.25, 0.3) is 0 Å². The summed E-state index contributed by atoms with van der Waals surface area (Å²) in [4.78, 5) is 0. The van der Waals surface area contributed by atoms with Crippen LogP contribution >= 0.6 is 0 Å². The van der Waals surface area contributed by atoms with Gasteiger partial charge in [0.1, 0.15) is 0 Å².